The molecule has 0 aliphatic carbocycles. The normalized spacial score (nSPS) is 14.9. The van der Waals surface area contributed by atoms with Gasteiger partial charge in [0.05, 0.1) is 11.2 Å². The summed E-state index contributed by atoms with van der Waals surface area (Å²) in [5, 5.41) is 14.5. The quantitative estimate of drug-likeness (QED) is 0.438. The van der Waals surface area contributed by atoms with E-state index in [1.54, 1.807) is 12.3 Å². The Morgan fingerprint density at radius 1 is 1.26 bits per heavy atom. The highest BCUT2D eigenvalue weighted by molar-refractivity contribution is 7.99. The van der Waals surface area contributed by atoms with Gasteiger partial charge in [0, 0.05) is 43.8 Å². The number of piperidine rings is 1. The van der Waals surface area contributed by atoms with Gasteiger partial charge in [-0.3, -0.25) is 9.59 Å². The molecule has 0 unspecified atom stereocenters. The van der Waals surface area contributed by atoms with Crippen molar-refractivity contribution in [3.63, 3.8) is 0 Å². The first kappa shape index (κ1) is 25.3. The van der Waals surface area contributed by atoms with Gasteiger partial charge in [0.1, 0.15) is 10.8 Å². The molecule has 1 aliphatic heterocycles. The second-order valence-electron chi connectivity index (χ2n) is 8.12. The van der Waals surface area contributed by atoms with Crippen molar-refractivity contribution in [2.75, 3.05) is 43.1 Å². The first-order valence-corrected chi connectivity index (χ1v) is 11.4. The van der Waals surface area contributed by atoms with Crippen LogP contribution in [0.4, 0.5) is 22.2 Å². The maximum absolute atomic E-state index is 12.0. The van der Waals surface area contributed by atoms with Gasteiger partial charge in [0.2, 0.25) is 0 Å². The third-order valence-electron chi connectivity index (χ3n) is 5.24. The molecule has 14 heteroatoms. The van der Waals surface area contributed by atoms with E-state index in [1.165, 1.54) is 20.3 Å². The van der Waals surface area contributed by atoms with E-state index in [0.29, 0.717) is 41.7 Å². The molecule has 2 aromatic rings. The lowest BCUT2D eigenvalue weighted by Gasteiger charge is -2.39. The molecule has 1 saturated heterocycles. The molecule has 0 aromatic carbocycles. The zero-order chi connectivity index (χ0) is 25.0. The fourth-order valence-corrected chi connectivity index (χ4v) is 4.34. The number of nitrogen functional groups attached to an aromatic ring is 1. The summed E-state index contributed by atoms with van der Waals surface area (Å²) in [4.78, 5) is 51.4. The molecule has 0 bridgehead atoms. The van der Waals surface area contributed by atoms with Gasteiger partial charge in [-0.2, -0.15) is 0 Å². The van der Waals surface area contributed by atoms with Gasteiger partial charge in [-0.05, 0) is 25.8 Å². The van der Waals surface area contributed by atoms with Crippen molar-refractivity contribution in [3.05, 3.63) is 23.5 Å². The number of nitrogens with zero attached hydrogens (tertiary/aromatic N) is 5. The zero-order valence-corrected chi connectivity index (χ0v) is 20.4. The van der Waals surface area contributed by atoms with Crippen molar-refractivity contribution in [2.24, 2.45) is 0 Å². The highest BCUT2D eigenvalue weighted by atomic mass is 35.5. The molecule has 1 aliphatic rings. The lowest BCUT2D eigenvalue weighted by Crippen LogP contribution is -2.53. The first-order chi connectivity index (χ1) is 16.0. The van der Waals surface area contributed by atoms with E-state index in [1.807, 2.05) is 11.8 Å². The number of carbonyl (C=O) groups excluding carboxylic acids is 2. The van der Waals surface area contributed by atoms with Gasteiger partial charge >= 0.3 is 17.9 Å². The van der Waals surface area contributed by atoms with Crippen molar-refractivity contribution >= 4 is 58.7 Å². The van der Waals surface area contributed by atoms with Gasteiger partial charge in [0.25, 0.3) is 0 Å². The van der Waals surface area contributed by atoms with E-state index >= 15 is 0 Å². The molecule has 34 heavy (non-hydrogen) atoms. The summed E-state index contributed by atoms with van der Waals surface area (Å²) in [6.07, 6.45) is 3.24. The van der Waals surface area contributed by atoms with Crippen LogP contribution in [-0.2, 0) is 9.59 Å². The number of hydrogen-bond acceptors (Lipinski definition) is 9. The predicted octanol–water partition coefficient (Wildman–Crippen LogP) is 1.91. The molecular weight excluding hydrogens is 484 g/mol. The SMILES string of the molecule is CN(C)C(=O)C(=O)Nc1nccc(Sc2ncc(N3CCC(C)(NC(=O)O)CC3)nc2N)c1Cl. The van der Waals surface area contributed by atoms with Crippen molar-refractivity contribution in [2.45, 2.75) is 35.2 Å². The van der Waals surface area contributed by atoms with Crippen LogP contribution in [0.25, 0.3) is 0 Å². The lowest BCUT2D eigenvalue weighted by atomic mass is 9.90. The highest BCUT2D eigenvalue weighted by Crippen LogP contribution is 2.37. The molecule has 0 saturated carbocycles. The number of anilines is 3. The molecule has 182 valence electrons. The van der Waals surface area contributed by atoms with Crippen LogP contribution >= 0.6 is 23.4 Å². The monoisotopic (exact) mass is 508 g/mol. The fraction of sp³-hybridized carbons (Fsp3) is 0.400. The molecule has 3 heterocycles. The topological polar surface area (TPSA) is 167 Å². The second kappa shape index (κ2) is 10.3. The van der Waals surface area contributed by atoms with E-state index in [4.69, 9.17) is 22.4 Å². The van der Waals surface area contributed by atoms with Crippen molar-refractivity contribution in [1.82, 2.24) is 25.2 Å². The fourth-order valence-electron chi connectivity index (χ4n) is 3.29. The van der Waals surface area contributed by atoms with E-state index in [0.717, 1.165) is 16.7 Å². The number of likely N-dealkylation sites (N-methyl/N-ethyl adjacent to an activating group) is 1. The average molecular weight is 509 g/mol. The van der Waals surface area contributed by atoms with Crippen molar-refractivity contribution in [3.8, 4) is 0 Å². The molecule has 2 aromatic heterocycles. The van der Waals surface area contributed by atoms with Crippen LogP contribution in [0.15, 0.2) is 28.4 Å². The highest BCUT2D eigenvalue weighted by Gasteiger charge is 2.32. The Hall–Kier alpha value is -3.32. The van der Waals surface area contributed by atoms with Crippen molar-refractivity contribution in [1.29, 1.82) is 0 Å². The number of pyridine rings is 1. The molecule has 0 radical (unpaired) electrons. The molecule has 0 atom stereocenters. The number of nitrogens with one attached hydrogen (secondary N) is 2. The molecule has 3 amide bonds. The van der Waals surface area contributed by atoms with Crippen molar-refractivity contribution < 1.29 is 19.5 Å². The van der Waals surface area contributed by atoms with Crippen LogP contribution in [0.3, 0.4) is 0 Å². The van der Waals surface area contributed by atoms with Gasteiger partial charge in [-0.1, -0.05) is 23.4 Å². The Labute approximate surface area is 205 Å². The molecule has 1 fully saturated rings. The van der Waals surface area contributed by atoms with E-state index in [9.17, 15) is 14.4 Å². The number of rotatable bonds is 5. The third-order valence-corrected chi connectivity index (χ3v) is 6.81. The Morgan fingerprint density at radius 3 is 2.53 bits per heavy atom. The number of halogens is 1. The third kappa shape index (κ3) is 5.97. The molecule has 12 nitrogen and oxygen atoms in total. The van der Waals surface area contributed by atoms with Gasteiger partial charge in [-0.25, -0.2) is 19.7 Å². The Balaban J connectivity index is 1.70. The molecular formula is C20H25ClN8O4S. The summed E-state index contributed by atoms with van der Waals surface area (Å²) in [6, 6.07) is 1.63. The average Bonchev–Trinajstić information content (AvgIpc) is 2.76. The first-order valence-electron chi connectivity index (χ1n) is 10.2. The zero-order valence-electron chi connectivity index (χ0n) is 18.8. The number of carbonyl (C=O) groups is 3. The second-order valence-corrected chi connectivity index (χ2v) is 9.53. The van der Waals surface area contributed by atoms with E-state index in [2.05, 4.69) is 25.6 Å². The van der Waals surface area contributed by atoms with Crippen LogP contribution in [0.2, 0.25) is 5.02 Å². The van der Waals surface area contributed by atoms with Crippen LogP contribution in [-0.4, -0.2) is 75.6 Å². The maximum atomic E-state index is 12.0. The van der Waals surface area contributed by atoms with Crippen LogP contribution in [0, 0.1) is 0 Å². The maximum Gasteiger partial charge on any atom is 0.405 e. The summed E-state index contributed by atoms with van der Waals surface area (Å²) in [6.45, 7) is 3.08. The van der Waals surface area contributed by atoms with Crippen LogP contribution < -0.4 is 21.3 Å². The van der Waals surface area contributed by atoms with Crippen LogP contribution in [0.5, 0.6) is 0 Å². The predicted molar refractivity (Wildman–Crippen MR) is 128 cm³/mol. The smallest absolute Gasteiger partial charge is 0.405 e. The minimum Gasteiger partial charge on any atom is -0.465 e. The minimum atomic E-state index is -1.04. The van der Waals surface area contributed by atoms with Gasteiger partial charge in [0.15, 0.2) is 11.6 Å². The minimum absolute atomic E-state index is 0.0429. The Kier molecular flexibility index (Phi) is 7.67. The number of carboxylic acid groups (broad SMARTS) is 1. The largest absolute Gasteiger partial charge is 0.465 e. The van der Waals surface area contributed by atoms with E-state index in [-0.39, 0.29) is 16.7 Å². The summed E-state index contributed by atoms with van der Waals surface area (Å²) in [5.41, 5.74) is 5.66. The number of nitrogens with two attached hydrogens (primary N) is 1. The van der Waals surface area contributed by atoms with Gasteiger partial charge in [-0.15, -0.1) is 0 Å². The molecule has 0 spiro atoms. The number of aromatic nitrogens is 3. The Bertz CT molecular complexity index is 1110. The summed E-state index contributed by atoms with van der Waals surface area (Å²) in [5.74, 6) is -0.767. The summed E-state index contributed by atoms with van der Waals surface area (Å²) in [7, 11) is 2.92. The standard InChI is InChI=1S/C20H25ClN8O4S/c1-20(27-19(32)33)5-8-29(9-6-20)12-10-24-17(14(22)25-12)34-11-4-7-23-15(13(11)21)26-16(30)18(31)28(2)3/h4,7,10,27H,5-6,8-9H2,1-3H3,(H2,22,25)(H,32,33)(H,23,26,30). The summed E-state index contributed by atoms with van der Waals surface area (Å²) >= 11 is 7.53. The number of amides is 3. The number of hydrogen-bond donors (Lipinski definition) is 4. The molecule has 5 N–H and O–H groups in total. The van der Waals surface area contributed by atoms with Gasteiger partial charge < -0.3 is 31.3 Å². The van der Waals surface area contributed by atoms with Crippen LogP contribution in [0.1, 0.15) is 19.8 Å². The Morgan fingerprint density at radius 2 is 1.94 bits per heavy atom. The lowest BCUT2D eigenvalue weighted by molar-refractivity contribution is -0.141. The molecule has 3 rings (SSSR count). The van der Waals surface area contributed by atoms with E-state index < -0.39 is 23.4 Å². The summed E-state index contributed by atoms with van der Waals surface area (Å²) < 4.78 is 0.